The molecule has 0 aromatic heterocycles. The molecule has 4 heteroatoms. The van der Waals surface area contributed by atoms with Gasteiger partial charge < -0.3 is 0 Å². The van der Waals surface area contributed by atoms with Crippen molar-refractivity contribution in [3.05, 3.63) is 34.3 Å². The maximum absolute atomic E-state index is 6.79. The molecule has 62 valence electrons. The van der Waals surface area contributed by atoms with Crippen molar-refractivity contribution in [3.8, 4) is 0 Å². The molecule has 0 aliphatic heterocycles. The maximum Gasteiger partial charge on any atom is 0.104 e. The Morgan fingerprint density at radius 3 is 2.50 bits per heavy atom. The fourth-order valence-electron chi connectivity index (χ4n) is 0.796. The molecule has 0 amide bonds. The van der Waals surface area contributed by atoms with Gasteiger partial charge in [0.2, 0.25) is 0 Å². The zero-order chi connectivity index (χ0) is 9.14. The lowest BCUT2D eigenvalue weighted by atomic mass is 10.2. The Kier molecular flexibility index (Phi) is 2.84. The molecule has 0 atom stereocenters. The largest absolute Gasteiger partial charge is 0.204 e. The molecule has 0 aliphatic rings. The quantitative estimate of drug-likeness (QED) is 0.692. The van der Waals surface area contributed by atoms with E-state index in [1.807, 2.05) is 0 Å². The van der Waals surface area contributed by atoms with E-state index >= 15 is 0 Å². The summed E-state index contributed by atoms with van der Waals surface area (Å²) in [6.45, 7) is 3.57. The highest BCUT2D eigenvalue weighted by Gasteiger charge is 2.03. The van der Waals surface area contributed by atoms with E-state index in [-0.39, 0.29) is 0 Å². The molecular weight excluding hydrogens is 195 g/mol. The summed E-state index contributed by atoms with van der Waals surface area (Å²) in [5.74, 6) is 0. The first-order valence-corrected chi connectivity index (χ1v) is 3.93. The molecule has 0 bridgehead atoms. The average molecular weight is 201 g/mol. The Bertz CT molecular complexity index is 305. The number of nitrogens with zero attached hydrogens (tertiary/aromatic N) is 1. The van der Waals surface area contributed by atoms with E-state index < -0.39 is 0 Å². The molecule has 0 radical (unpaired) electrons. The van der Waals surface area contributed by atoms with Gasteiger partial charge in [0, 0.05) is 5.02 Å². The van der Waals surface area contributed by atoms with Crippen LogP contribution in [0.2, 0.25) is 10.0 Å². The summed E-state index contributed by atoms with van der Waals surface area (Å²) in [6, 6.07) is 3.16. The minimum absolute atomic E-state index is 0.376. The topological polar surface area (TPSA) is 36.2 Å². The van der Waals surface area contributed by atoms with Gasteiger partial charge in [-0.25, -0.2) is 5.53 Å². The van der Waals surface area contributed by atoms with Crippen molar-refractivity contribution in [1.82, 2.24) is 0 Å². The van der Waals surface area contributed by atoms with Crippen molar-refractivity contribution in [2.75, 3.05) is 0 Å². The Labute approximate surface area is 80.3 Å². The molecule has 1 aromatic rings. The van der Waals surface area contributed by atoms with Crippen LogP contribution in [0.5, 0.6) is 0 Å². The smallest absolute Gasteiger partial charge is 0.104 e. The van der Waals surface area contributed by atoms with Gasteiger partial charge in [0.1, 0.15) is 5.69 Å². The van der Waals surface area contributed by atoms with Gasteiger partial charge in [-0.15, -0.1) is 0 Å². The molecule has 0 aliphatic carbocycles. The van der Waals surface area contributed by atoms with E-state index in [4.69, 9.17) is 28.7 Å². The summed E-state index contributed by atoms with van der Waals surface area (Å²) in [5, 5.41) is 4.12. The lowest BCUT2D eigenvalue weighted by Gasteiger charge is -2.00. The molecule has 0 heterocycles. The van der Waals surface area contributed by atoms with Gasteiger partial charge in [0.05, 0.1) is 5.02 Å². The predicted octanol–water partition coefficient (Wildman–Crippen LogP) is 4.30. The van der Waals surface area contributed by atoms with Gasteiger partial charge in [-0.1, -0.05) is 35.9 Å². The summed E-state index contributed by atoms with van der Waals surface area (Å²) in [6.07, 6.45) is 1.59. The maximum atomic E-state index is 6.79. The predicted molar refractivity (Wildman–Crippen MR) is 51.4 cm³/mol. The summed E-state index contributed by atoms with van der Waals surface area (Å²) >= 11 is 11.5. The third-order valence-electron chi connectivity index (χ3n) is 1.41. The second kappa shape index (κ2) is 3.70. The minimum atomic E-state index is 0.376. The van der Waals surface area contributed by atoms with Crippen LogP contribution in [0.25, 0.3) is 6.08 Å². The van der Waals surface area contributed by atoms with Crippen molar-refractivity contribution in [1.29, 1.82) is 5.53 Å². The van der Waals surface area contributed by atoms with E-state index in [2.05, 4.69) is 11.7 Å². The molecule has 1 N–H and O–H groups in total. The van der Waals surface area contributed by atoms with Gasteiger partial charge in [0.15, 0.2) is 0 Å². The fraction of sp³-hybridized carbons (Fsp3) is 0. The molecule has 0 unspecified atom stereocenters. The van der Waals surface area contributed by atoms with Crippen LogP contribution in [0.3, 0.4) is 0 Å². The van der Waals surface area contributed by atoms with Crippen LogP contribution < -0.4 is 0 Å². The van der Waals surface area contributed by atoms with E-state index in [0.29, 0.717) is 15.7 Å². The van der Waals surface area contributed by atoms with Gasteiger partial charge in [-0.3, -0.25) is 0 Å². The van der Waals surface area contributed by atoms with Crippen molar-refractivity contribution in [3.63, 3.8) is 0 Å². The molecule has 0 spiro atoms. The second-order valence-electron chi connectivity index (χ2n) is 2.14. The summed E-state index contributed by atoms with van der Waals surface area (Å²) in [4.78, 5) is 0. The molecule has 2 nitrogen and oxygen atoms in total. The summed E-state index contributed by atoms with van der Waals surface area (Å²) in [5.41, 5.74) is 7.92. The third-order valence-corrected chi connectivity index (χ3v) is 2.04. The Hall–Kier alpha value is -0.860. The lowest BCUT2D eigenvalue weighted by molar-refractivity contribution is 1.15. The van der Waals surface area contributed by atoms with Crippen LogP contribution in [0, 0.1) is 5.53 Å². The minimum Gasteiger partial charge on any atom is -0.204 e. The summed E-state index contributed by atoms with van der Waals surface area (Å²) in [7, 11) is 0. The highest BCUT2D eigenvalue weighted by molar-refractivity contribution is 6.37. The van der Waals surface area contributed by atoms with E-state index in [1.165, 1.54) is 0 Å². The van der Waals surface area contributed by atoms with Gasteiger partial charge in [-0.05, 0) is 17.7 Å². The average Bonchev–Trinajstić information content (AvgIpc) is 2.05. The highest BCUT2D eigenvalue weighted by Crippen LogP contribution is 2.31. The van der Waals surface area contributed by atoms with E-state index in [9.17, 15) is 0 Å². The zero-order valence-electron chi connectivity index (χ0n) is 6.14. The number of benzene rings is 1. The first-order valence-electron chi connectivity index (χ1n) is 3.18. The molecule has 1 rings (SSSR count). The molecule has 0 fully saturated rings. The number of hydrogen-bond donors (Lipinski definition) is 1. The molecule has 12 heavy (non-hydrogen) atoms. The van der Waals surface area contributed by atoms with Crippen LogP contribution in [-0.4, -0.2) is 0 Å². The van der Waals surface area contributed by atoms with Gasteiger partial charge >= 0.3 is 0 Å². The van der Waals surface area contributed by atoms with Crippen LogP contribution >= 0.6 is 23.2 Å². The van der Waals surface area contributed by atoms with E-state index in [0.717, 1.165) is 5.56 Å². The van der Waals surface area contributed by atoms with Crippen LogP contribution in [0.15, 0.2) is 23.8 Å². The lowest BCUT2D eigenvalue weighted by Crippen LogP contribution is -1.75. The van der Waals surface area contributed by atoms with Crippen LogP contribution in [0.1, 0.15) is 5.56 Å². The van der Waals surface area contributed by atoms with Crippen LogP contribution in [0.4, 0.5) is 5.69 Å². The Morgan fingerprint density at radius 2 is 2.00 bits per heavy atom. The number of halogens is 2. The summed E-state index contributed by atoms with van der Waals surface area (Å²) < 4.78 is 0. The van der Waals surface area contributed by atoms with Crippen molar-refractivity contribution >= 4 is 35.0 Å². The standard InChI is InChI=1S/C8H6Cl2N2/c1-2-5-3-8(12-11)7(10)4-6(5)9/h2-4,11H,1H2. The van der Waals surface area contributed by atoms with Crippen LogP contribution in [-0.2, 0) is 0 Å². The van der Waals surface area contributed by atoms with Crippen molar-refractivity contribution in [2.24, 2.45) is 5.11 Å². The third kappa shape index (κ3) is 1.65. The first kappa shape index (κ1) is 9.23. The fourth-order valence-corrected chi connectivity index (χ4v) is 1.30. The molecular formula is C8H6Cl2N2. The monoisotopic (exact) mass is 200 g/mol. The van der Waals surface area contributed by atoms with Crippen molar-refractivity contribution < 1.29 is 0 Å². The van der Waals surface area contributed by atoms with E-state index in [1.54, 1.807) is 18.2 Å². The Morgan fingerprint density at radius 1 is 1.33 bits per heavy atom. The molecule has 0 saturated carbocycles. The highest BCUT2D eigenvalue weighted by atomic mass is 35.5. The second-order valence-corrected chi connectivity index (χ2v) is 2.96. The number of rotatable bonds is 2. The zero-order valence-corrected chi connectivity index (χ0v) is 7.65. The SMILES string of the molecule is C=Cc1cc(N=N)c(Cl)cc1Cl. The van der Waals surface area contributed by atoms with Gasteiger partial charge in [-0.2, -0.15) is 5.11 Å². The van der Waals surface area contributed by atoms with Crippen molar-refractivity contribution in [2.45, 2.75) is 0 Å². The molecule has 1 aromatic carbocycles. The van der Waals surface area contributed by atoms with Gasteiger partial charge in [0.25, 0.3) is 0 Å². The first-order chi connectivity index (χ1) is 5.69. The normalized spacial score (nSPS) is 9.50. The molecule has 0 saturated heterocycles. The number of hydrogen-bond acceptors (Lipinski definition) is 2. The number of nitrogens with one attached hydrogen (secondary N) is 1. The Balaban J connectivity index is 3.36.